The lowest BCUT2D eigenvalue weighted by Crippen LogP contribution is -2.20. The molecule has 8 nitrogen and oxygen atoms in total. The van der Waals surface area contributed by atoms with Gasteiger partial charge in [-0.05, 0) is 48.5 Å². The number of fused-ring (bicyclic) bond motifs is 1. The van der Waals surface area contributed by atoms with E-state index >= 15 is 0 Å². The summed E-state index contributed by atoms with van der Waals surface area (Å²) < 4.78 is 12.9. The van der Waals surface area contributed by atoms with Gasteiger partial charge in [-0.3, -0.25) is 4.79 Å². The van der Waals surface area contributed by atoms with Crippen molar-refractivity contribution in [3.63, 3.8) is 0 Å². The van der Waals surface area contributed by atoms with Gasteiger partial charge < -0.3 is 14.8 Å². The molecule has 4 rings (SSSR count). The van der Waals surface area contributed by atoms with Crippen LogP contribution in [-0.2, 0) is 0 Å². The molecule has 27 heavy (non-hydrogen) atoms. The summed E-state index contributed by atoms with van der Waals surface area (Å²) in [5.41, 5.74) is 1.78. The predicted molar refractivity (Wildman–Crippen MR) is 99.0 cm³/mol. The Morgan fingerprint density at radius 1 is 1.11 bits per heavy atom. The van der Waals surface area contributed by atoms with Crippen molar-refractivity contribution in [2.45, 2.75) is 19.9 Å². The quantitative estimate of drug-likeness (QED) is 0.764. The zero-order valence-electron chi connectivity index (χ0n) is 15.0. The second-order valence-electron chi connectivity index (χ2n) is 6.37. The number of benzene rings is 2. The Balaban J connectivity index is 1.68. The van der Waals surface area contributed by atoms with Gasteiger partial charge in [-0.25, -0.2) is 4.68 Å². The molecule has 0 radical (unpaired) electrons. The highest BCUT2D eigenvalue weighted by Gasteiger charge is 2.22. The first-order valence-electron chi connectivity index (χ1n) is 8.72. The highest BCUT2D eigenvalue weighted by Crippen LogP contribution is 2.35. The maximum atomic E-state index is 12.9. The largest absolute Gasteiger partial charge is 0.486 e. The maximum Gasteiger partial charge on any atom is 0.259 e. The van der Waals surface area contributed by atoms with Crippen molar-refractivity contribution in [1.82, 2.24) is 20.2 Å². The minimum absolute atomic E-state index is 0.0884. The van der Waals surface area contributed by atoms with Crippen LogP contribution in [0.1, 0.15) is 30.2 Å². The van der Waals surface area contributed by atoms with E-state index in [2.05, 4.69) is 20.8 Å². The van der Waals surface area contributed by atoms with Crippen molar-refractivity contribution < 1.29 is 14.3 Å². The molecular formula is C19H19N5O3. The molecule has 2 aromatic carbocycles. The third-order valence-electron chi connectivity index (χ3n) is 4.21. The third kappa shape index (κ3) is 3.21. The maximum absolute atomic E-state index is 12.9. The van der Waals surface area contributed by atoms with E-state index in [9.17, 15) is 4.79 Å². The third-order valence-corrected chi connectivity index (χ3v) is 4.21. The molecular weight excluding hydrogens is 346 g/mol. The van der Waals surface area contributed by atoms with Crippen molar-refractivity contribution in [3.05, 3.63) is 48.0 Å². The zero-order valence-corrected chi connectivity index (χ0v) is 15.0. The number of hydrogen-bond donors (Lipinski definition) is 1. The molecule has 0 aliphatic carbocycles. The molecule has 0 atom stereocenters. The van der Waals surface area contributed by atoms with Crippen molar-refractivity contribution >= 4 is 11.6 Å². The smallest absolute Gasteiger partial charge is 0.259 e. The van der Waals surface area contributed by atoms with Gasteiger partial charge in [-0.2, -0.15) is 0 Å². The molecule has 3 aromatic rings. The Morgan fingerprint density at radius 3 is 2.78 bits per heavy atom. The van der Waals surface area contributed by atoms with Crippen LogP contribution >= 0.6 is 0 Å². The van der Waals surface area contributed by atoms with E-state index in [-0.39, 0.29) is 11.9 Å². The van der Waals surface area contributed by atoms with E-state index in [4.69, 9.17) is 9.47 Å². The van der Waals surface area contributed by atoms with E-state index < -0.39 is 0 Å². The van der Waals surface area contributed by atoms with Crippen LogP contribution in [0.2, 0.25) is 0 Å². The molecule has 1 amide bonds. The molecule has 0 saturated heterocycles. The van der Waals surface area contributed by atoms with Crippen LogP contribution in [0.25, 0.3) is 11.4 Å². The summed E-state index contributed by atoms with van der Waals surface area (Å²) in [6.45, 7) is 4.87. The summed E-state index contributed by atoms with van der Waals surface area (Å²) in [5.74, 6) is 1.35. The number of carbonyl (C=O) groups is 1. The van der Waals surface area contributed by atoms with Crippen LogP contribution in [0.15, 0.2) is 42.5 Å². The lowest BCUT2D eigenvalue weighted by atomic mass is 10.1. The van der Waals surface area contributed by atoms with Crippen LogP contribution in [0.4, 0.5) is 5.69 Å². The van der Waals surface area contributed by atoms with Crippen LogP contribution in [0.5, 0.6) is 11.5 Å². The molecule has 0 fully saturated rings. The lowest BCUT2D eigenvalue weighted by molar-refractivity contribution is 0.101. The zero-order chi connectivity index (χ0) is 18.8. The molecule has 1 aromatic heterocycles. The number of ether oxygens (including phenoxy) is 2. The van der Waals surface area contributed by atoms with Gasteiger partial charge in [0.15, 0.2) is 17.3 Å². The number of tetrazole rings is 1. The van der Waals surface area contributed by atoms with Gasteiger partial charge in [0.05, 0.1) is 17.3 Å². The second-order valence-corrected chi connectivity index (χ2v) is 6.37. The first-order valence-corrected chi connectivity index (χ1v) is 8.72. The number of hydrogen-bond acceptors (Lipinski definition) is 6. The topological polar surface area (TPSA) is 91.2 Å². The number of aromatic nitrogens is 4. The lowest BCUT2D eigenvalue weighted by Gasteiger charge is -2.20. The SMILES string of the molecule is CC(C)n1nnnc1-c1ccccc1NC(=O)c1cccc2c1OCCO2. The number of nitrogens with zero attached hydrogens (tertiary/aromatic N) is 4. The van der Waals surface area contributed by atoms with Gasteiger partial charge in [0, 0.05) is 5.56 Å². The van der Waals surface area contributed by atoms with Gasteiger partial charge >= 0.3 is 0 Å². The number of nitrogens with one attached hydrogen (secondary N) is 1. The number of carbonyl (C=O) groups excluding carboxylic acids is 1. The molecule has 0 bridgehead atoms. The second kappa shape index (κ2) is 7.06. The van der Waals surface area contributed by atoms with Crippen molar-refractivity contribution in [2.24, 2.45) is 0 Å². The molecule has 0 unspecified atom stereocenters. The average molecular weight is 365 g/mol. The summed E-state index contributed by atoms with van der Waals surface area (Å²) in [7, 11) is 0. The molecule has 1 N–H and O–H groups in total. The van der Waals surface area contributed by atoms with Crippen molar-refractivity contribution in [2.75, 3.05) is 18.5 Å². The number of para-hydroxylation sites is 2. The van der Waals surface area contributed by atoms with Crippen molar-refractivity contribution in [1.29, 1.82) is 0 Å². The van der Waals surface area contributed by atoms with Gasteiger partial charge in [0.25, 0.3) is 5.91 Å². The molecule has 1 aliphatic rings. The average Bonchev–Trinajstić information content (AvgIpc) is 3.18. The molecule has 8 heteroatoms. The van der Waals surface area contributed by atoms with Gasteiger partial charge in [0.2, 0.25) is 0 Å². The van der Waals surface area contributed by atoms with Crippen molar-refractivity contribution in [3.8, 4) is 22.9 Å². The summed E-state index contributed by atoms with van der Waals surface area (Å²) in [6.07, 6.45) is 0. The minimum atomic E-state index is -0.284. The van der Waals surface area contributed by atoms with E-state index in [1.165, 1.54) is 0 Å². The Labute approximate surface area is 156 Å². The Hall–Kier alpha value is -3.42. The van der Waals surface area contributed by atoms with E-state index in [1.54, 1.807) is 22.9 Å². The van der Waals surface area contributed by atoms with E-state index in [0.717, 1.165) is 5.56 Å². The van der Waals surface area contributed by atoms with Gasteiger partial charge in [-0.15, -0.1) is 5.10 Å². The summed E-state index contributed by atoms with van der Waals surface area (Å²) in [4.78, 5) is 12.9. The minimum Gasteiger partial charge on any atom is -0.486 e. The summed E-state index contributed by atoms with van der Waals surface area (Å²) in [5, 5.41) is 14.9. The monoisotopic (exact) mass is 365 g/mol. The number of rotatable bonds is 4. The Kier molecular flexibility index (Phi) is 4.45. The first-order chi connectivity index (χ1) is 13.1. The molecule has 1 aliphatic heterocycles. The summed E-state index contributed by atoms with van der Waals surface area (Å²) in [6, 6.07) is 12.8. The Morgan fingerprint density at radius 2 is 1.93 bits per heavy atom. The van der Waals surface area contributed by atoms with Gasteiger partial charge in [0.1, 0.15) is 13.2 Å². The number of anilines is 1. The van der Waals surface area contributed by atoms with Gasteiger partial charge in [-0.1, -0.05) is 18.2 Å². The first kappa shape index (κ1) is 17.0. The van der Waals surface area contributed by atoms with E-state index in [0.29, 0.717) is 41.8 Å². The number of amides is 1. The highest BCUT2D eigenvalue weighted by molar-refractivity contribution is 6.08. The predicted octanol–water partition coefficient (Wildman–Crippen LogP) is 2.94. The highest BCUT2D eigenvalue weighted by atomic mass is 16.6. The molecule has 0 spiro atoms. The normalized spacial score (nSPS) is 12.9. The molecule has 2 heterocycles. The molecule has 0 saturated carbocycles. The fourth-order valence-electron chi connectivity index (χ4n) is 2.95. The van der Waals surface area contributed by atoms with Crippen LogP contribution in [0.3, 0.4) is 0 Å². The summed E-state index contributed by atoms with van der Waals surface area (Å²) >= 11 is 0. The van der Waals surface area contributed by atoms with Crippen LogP contribution in [0, 0.1) is 0 Å². The molecule has 138 valence electrons. The fraction of sp³-hybridized carbons (Fsp3) is 0.263. The Bertz CT molecular complexity index is 983. The van der Waals surface area contributed by atoms with E-state index in [1.807, 2.05) is 38.1 Å². The fourth-order valence-corrected chi connectivity index (χ4v) is 2.95. The standard InChI is InChI=1S/C19H19N5O3/c1-12(2)24-18(21-22-23-24)13-6-3-4-8-15(13)20-19(25)14-7-5-9-16-17(14)27-11-10-26-16/h3-9,12H,10-11H2,1-2H3,(H,20,25). The van der Waals surface area contributed by atoms with Crippen LogP contribution < -0.4 is 14.8 Å². The van der Waals surface area contributed by atoms with Crippen LogP contribution in [-0.4, -0.2) is 39.3 Å².